The lowest BCUT2D eigenvalue weighted by Crippen LogP contribution is -2.28. The molecule has 1 heterocycles. The summed E-state index contributed by atoms with van der Waals surface area (Å²) in [7, 11) is 0. The Kier molecular flexibility index (Phi) is 5.41. The van der Waals surface area contributed by atoms with Crippen LogP contribution in [0.5, 0.6) is 0 Å². The molecular weight excluding hydrogens is 292 g/mol. The van der Waals surface area contributed by atoms with Gasteiger partial charge in [-0.2, -0.15) is 0 Å². The van der Waals surface area contributed by atoms with Crippen molar-refractivity contribution in [2.45, 2.75) is 20.8 Å². The summed E-state index contributed by atoms with van der Waals surface area (Å²) < 4.78 is 0. The van der Waals surface area contributed by atoms with Crippen LogP contribution in [-0.2, 0) is 0 Å². The first-order chi connectivity index (χ1) is 11.0. The highest BCUT2D eigenvalue weighted by atomic mass is 16.2. The Hall–Kier alpha value is -2.76. The molecule has 1 aromatic carbocycles. The van der Waals surface area contributed by atoms with Crippen molar-refractivity contribution in [2.75, 3.05) is 11.9 Å². The fourth-order valence-corrected chi connectivity index (χ4v) is 1.84. The number of hydrogen-bond acceptors (Lipinski definition) is 5. The lowest BCUT2D eigenvalue weighted by atomic mass is 10.1. The van der Waals surface area contributed by atoms with Crippen LogP contribution in [0, 0.1) is 5.92 Å². The molecule has 1 amide bonds. The van der Waals surface area contributed by atoms with E-state index in [1.807, 2.05) is 13.8 Å². The SMILES string of the molecule is CC(=O)c1ccc(Nc2ccc(C(=O)NCC(C)C)nn2)cc1. The van der Waals surface area contributed by atoms with Crippen molar-refractivity contribution >= 4 is 23.2 Å². The van der Waals surface area contributed by atoms with Crippen LogP contribution in [0.4, 0.5) is 11.5 Å². The summed E-state index contributed by atoms with van der Waals surface area (Å²) in [5, 5.41) is 13.8. The molecule has 0 saturated carbocycles. The number of ketones is 1. The van der Waals surface area contributed by atoms with E-state index in [9.17, 15) is 9.59 Å². The Balaban J connectivity index is 1.99. The van der Waals surface area contributed by atoms with E-state index in [0.29, 0.717) is 23.8 Å². The maximum Gasteiger partial charge on any atom is 0.271 e. The number of benzene rings is 1. The van der Waals surface area contributed by atoms with Crippen LogP contribution >= 0.6 is 0 Å². The highest BCUT2D eigenvalue weighted by molar-refractivity contribution is 5.94. The van der Waals surface area contributed by atoms with E-state index < -0.39 is 0 Å². The second-order valence-electron chi connectivity index (χ2n) is 5.67. The van der Waals surface area contributed by atoms with Crippen LogP contribution in [0.2, 0.25) is 0 Å². The monoisotopic (exact) mass is 312 g/mol. The average molecular weight is 312 g/mol. The Morgan fingerprint density at radius 2 is 1.74 bits per heavy atom. The van der Waals surface area contributed by atoms with Crippen molar-refractivity contribution in [3.63, 3.8) is 0 Å². The molecule has 2 aromatic rings. The second kappa shape index (κ2) is 7.49. The molecule has 0 atom stereocenters. The number of carbonyl (C=O) groups excluding carboxylic acids is 2. The first-order valence-corrected chi connectivity index (χ1v) is 7.45. The van der Waals surface area contributed by atoms with Crippen LogP contribution in [-0.4, -0.2) is 28.4 Å². The normalized spacial score (nSPS) is 10.4. The van der Waals surface area contributed by atoms with Gasteiger partial charge in [0.1, 0.15) is 0 Å². The van der Waals surface area contributed by atoms with Crippen LogP contribution in [0.15, 0.2) is 36.4 Å². The minimum atomic E-state index is -0.233. The number of amides is 1. The second-order valence-corrected chi connectivity index (χ2v) is 5.67. The van der Waals surface area contributed by atoms with Crippen molar-refractivity contribution in [3.8, 4) is 0 Å². The summed E-state index contributed by atoms with van der Waals surface area (Å²) in [6, 6.07) is 10.4. The van der Waals surface area contributed by atoms with E-state index in [4.69, 9.17) is 0 Å². The molecule has 120 valence electrons. The average Bonchev–Trinajstić information content (AvgIpc) is 2.54. The highest BCUT2D eigenvalue weighted by Crippen LogP contribution is 2.15. The summed E-state index contributed by atoms with van der Waals surface area (Å²) in [5.74, 6) is 0.698. The third-order valence-electron chi connectivity index (χ3n) is 3.13. The number of carbonyl (C=O) groups is 2. The van der Waals surface area contributed by atoms with Gasteiger partial charge >= 0.3 is 0 Å². The van der Waals surface area contributed by atoms with E-state index in [1.54, 1.807) is 36.4 Å². The Labute approximate surface area is 135 Å². The zero-order chi connectivity index (χ0) is 16.8. The van der Waals surface area contributed by atoms with Crippen molar-refractivity contribution in [2.24, 2.45) is 5.92 Å². The summed E-state index contributed by atoms with van der Waals surface area (Å²) in [4.78, 5) is 23.1. The lowest BCUT2D eigenvalue weighted by molar-refractivity contribution is 0.0942. The van der Waals surface area contributed by atoms with Gasteiger partial charge in [-0.15, -0.1) is 10.2 Å². The van der Waals surface area contributed by atoms with Gasteiger partial charge in [0.05, 0.1) is 0 Å². The van der Waals surface area contributed by atoms with E-state index in [1.165, 1.54) is 6.92 Å². The predicted molar refractivity (Wildman–Crippen MR) is 88.9 cm³/mol. The number of nitrogens with zero attached hydrogens (tertiary/aromatic N) is 2. The number of hydrogen-bond donors (Lipinski definition) is 2. The minimum Gasteiger partial charge on any atom is -0.350 e. The molecule has 0 bridgehead atoms. The number of rotatable bonds is 6. The first kappa shape index (κ1) is 16.6. The lowest BCUT2D eigenvalue weighted by Gasteiger charge is -2.08. The van der Waals surface area contributed by atoms with Crippen LogP contribution in [0.1, 0.15) is 41.6 Å². The molecular formula is C17H20N4O2. The Bertz CT molecular complexity index is 679. The molecule has 0 radical (unpaired) electrons. The smallest absolute Gasteiger partial charge is 0.271 e. The van der Waals surface area contributed by atoms with Crippen molar-refractivity contribution in [1.29, 1.82) is 0 Å². The van der Waals surface area contributed by atoms with E-state index >= 15 is 0 Å². The predicted octanol–water partition coefficient (Wildman–Crippen LogP) is 2.81. The number of aromatic nitrogens is 2. The van der Waals surface area contributed by atoms with Gasteiger partial charge in [0.25, 0.3) is 5.91 Å². The van der Waals surface area contributed by atoms with Gasteiger partial charge in [-0.25, -0.2) is 0 Å². The van der Waals surface area contributed by atoms with Crippen LogP contribution < -0.4 is 10.6 Å². The van der Waals surface area contributed by atoms with E-state index in [0.717, 1.165) is 5.69 Å². The maximum absolute atomic E-state index is 11.9. The molecule has 6 heteroatoms. The number of nitrogens with one attached hydrogen (secondary N) is 2. The van der Waals surface area contributed by atoms with Gasteiger partial charge in [0.15, 0.2) is 17.3 Å². The molecule has 0 fully saturated rings. The molecule has 0 saturated heterocycles. The van der Waals surface area contributed by atoms with Crippen molar-refractivity contribution < 1.29 is 9.59 Å². The third kappa shape index (κ3) is 4.88. The van der Waals surface area contributed by atoms with Gasteiger partial charge in [-0.1, -0.05) is 13.8 Å². The molecule has 0 aliphatic carbocycles. The van der Waals surface area contributed by atoms with Crippen molar-refractivity contribution in [3.05, 3.63) is 47.7 Å². The largest absolute Gasteiger partial charge is 0.350 e. The molecule has 6 nitrogen and oxygen atoms in total. The first-order valence-electron chi connectivity index (χ1n) is 7.45. The summed E-state index contributed by atoms with van der Waals surface area (Å²) in [6.07, 6.45) is 0. The summed E-state index contributed by atoms with van der Waals surface area (Å²) >= 11 is 0. The summed E-state index contributed by atoms with van der Waals surface area (Å²) in [5.41, 5.74) is 1.73. The number of anilines is 2. The fraction of sp³-hybridized carbons (Fsp3) is 0.294. The van der Waals surface area contributed by atoms with Gasteiger partial charge in [-0.05, 0) is 49.2 Å². The molecule has 1 aromatic heterocycles. The van der Waals surface area contributed by atoms with Gasteiger partial charge < -0.3 is 10.6 Å². The summed E-state index contributed by atoms with van der Waals surface area (Å²) in [6.45, 7) is 6.17. The fourth-order valence-electron chi connectivity index (χ4n) is 1.84. The maximum atomic E-state index is 11.9. The highest BCUT2D eigenvalue weighted by Gasteiger charge is 2.08. The molecule has 0 spiro atoms. The molecule has 23 heavy (non-hydrogen) atoms. The quantitative estimate of drug-likeness (QED) is 0.801. The van der Waals surface area contributed by atoms with Crippen LogP contribution in [0.3, 0.4) is 0 Å². The van der Waals surface area contributed by atoms with E-state index in [-0.39, 0.29) is 17.4 Å². The molecule has 0 unspecified atom stereocenters. The van der Waals surface area contributed by atoms with Crippen LogP contribution in [0.25, 0.3) is 0 Å². The molecule has 0 aliphatic heterocycles. The van der Waals surface area contributed by atoms with Gasteiger partial charge in [-0.3, -0.25) is 9.59 Å². The molecule has 2 N–H and O–H groups in total. The number of Topliss-reactive ketones (excluding diaryl/α,β-unsaturated/α-hetero) is 1. The molecule has 2 rings (SSSR count). The van der Waals surface area contributed by atoms with Gasteiger partial charge in [0, 0.05) is 17.8 Å². The topological polar surface area (TPSA) is 84.0 Å². The molecule has 0 aliphatic rings. The van der Waals surface area contributed by atoms with Gasteiger partial charge in [0.2, 0.25) is 0 Å². The minimum absolute atomic E-state index is 0.0214. The zero-order valence-corrected chi connectivity index (χ0v) is 13.5. The zero-order valence-electron chi connectivity index (χ0n) is 13.5. The Morgan fingerprint density at radius 3 is 2.26 bits per heavy atom. The van der Waals surface area contributed by atoms with Crippen molar-refractivity contribution in [1.82, 2.24) is 15.5 Å². The standard InChI is InChI=1S/C17H20N4O2/c1-11(2)10-18-17(23)15-8-9-16(21-20-15)19-14-6-4-13(5-7-14)12(3)22/h4-9,11H,10H2,1-3H3,(H,18,23)(H,19,21). The third-order valence-corrected chi connectivity index (χ3v) is 3.13. The van der Waals surface area contributed by atoms with E-state index in [2.05, 4.69) is 20.8 Å². The Morgan fingerprint density at radius 1 is 1.04 bits per heavy atom.